The first-order valence-electron chi connectivity index (χ1n) is 7.99. The van der Waals surface area contributed by atoms with Crippen LogP contribution >= 0.6 is 0 Å². The lowest BCUT2D eigenvalue weighted by Crippen LogP contribution is -2.47. The van der Waals surface area contributed by atoms with Crippen LogP contribution in [0.25, 0.3) is 0 Å². The molecule has 2 atom stereocenters. The van der Waals surface area contributed by atoms with Crippen molar-refractivity contribution < 1.29 is 9.47 Å². The number of piperidine rings is 1. The molecule has 2 heterocycles. The van der Waals surface area contributed by atoms with Crippen molar-refractivity contribution in [1.82, 2.24) is 9.88 Å². The van der Waals surface area contributed by atoms with E-state index in [1.165, 1.54) is 44.2 Å². The second-order valence-electron chi connectivity index (χ2n) is 6.53. The molecule has 1 aromatic rings. The standard InChI is InChI=1S/C17H26N2O2/c1-20-15-9-14(10-18-11-15)12-19-8-4-7-17(13-19)6-3-5-16(17)21-2/h9-11,16H,3-8,12-13H2,1-2H3/t16-,17-/m1/s1. The number of likely N-dealkylation sites (tertiary alicyclic amines) is 1. The Balaban J connectivity index is 1.68. The van der Waals surface area contributed by atoms with Gasteiger partial charge in [0.2, 0.25) is 0 Å². The van der Waals surface area contributed by atoms with E-state index in [2.05, 4.69) is 16.0 Å². The van der Waals surface area contributed by atoms with Gasteiger partial charge in [-0.25, -0.2) is 0 Å². The fourth-order valence-corrected chi connectivity index (χ4v) is 4.25. The van der Waals surface area contributed by atoms with Gasteiger partial charge < -0.3 is 9.47 Å². The quantitative estimate of drug-likeness (QED) is 0.854. The minimum Gasteiger partial charge on any atom is -0.495 e. The van der Waals surface area contributed by atoms with Crippen molar-refractivity contribution in [3.63, 3.8) is 0 Å². The van der Waals surface area contributed by atoms with Crippen LogP contribution in [0.1, 0.15) is 37.7 Å². The number of ether oxygens (including phenoxy) is 2. The molecule has 4 nitrogen and oxygen atoms in total. The summed E-state index contributed by atoms with van der Waals surface area (Å²) in [6.45, 7) is 3.29. The SMILES string of the molecule is COc1cncc(CN2CCC[C@]3(CCC[C@H]3OC)C2)c1. The molecule has 1 spiro atoms. The molecule has 0 radical (unpaired) electrons. The van der Waals surface area contributed by atoms with E-state index < -0.39 is 0 Å². The zero-order chi connectivity index (χ0) is 14.7. The van der Waals surface area contributed by atoms with E-state index in [-0.39, 0.29) is 0 Å². The van der Waals surface area contributed by atoms with Gasteiger partial charge in [0.15, 0.2) is 0 Å². The Morgan fingerprint density at radius 2 is 2.14 bits per heavy atom. The number of hydrogen-bond donors (Lipinski definition) is 0. The fourth-order valence-electron chi connectivity index (χ4n) is 4.25. The number of aromatic nitrogens is 1. The Hall–Kier alpha value is -1.13. The molecule has 4 heteroatoms. The van der Waals surface area contributed by atoms with E-state index in [9.17, 15) is 0 Å². The van der Waals surface area contributed by atoms with Crippen LogP contribution in [0.2, 0.25) is 0 Å². The van der Waals surface area contributed by atoms with E-state index in [0.717, 1.165) is 18.8 Å². The molecule has 1 aliphatic heterocycles. The van der Waals surface area contributed by atoms with Gasteiger partial charge in [0.25, 0.3) is 0 Å². The van der Waals surface area contributed by atoms with Gasteiger partial charge in [-0.3, -0.25) is 9.88 Å². The number of rotatable bonds is 4. The number of nitrogens with zero attached hydrogens (tertiary/aromatic N) is 2. The van der Waals surface area contributed by atoms with Crippen LogP contribution < -0.4 is 4.74 Å². The highest BCUT2D eigenvalue weighted by molar-refractivity contribution is 5.23. The second kappa shape index (κ2) is 6.32. The van der Waals surface area contributed by atoms with E-state index in [1.54, 1.807) is 13.3 Å². The van der Waals surface area contributed by atoms with Crippen molar-refractivity contribution in [3.05, 3.63) is 24.0 Å². The van der Waals surface area contributed by atoms with Crippen molar-refractivity contribution in [1.29, 1.82) is 0 Å². The molecule has 0 N–H and O–H groups in total. The third-order valence-electron chi connectivity index (χ3n) is 5.21. The van der Waals surface area contributed by atoms with Crippen LogP contribution in [0.3, 0.4) is 0 Å². The summed E-state index contributed by atoms with van der Waals surface area (Å²) >= 11 is 0. The van der Waals surface area contributed by atoms with Crippen LogP contribution in [0, 0.1) is 5.41 Å². The predicted molar refractivity (Wildman–Crippen MR) is 82.4 cm³/mol. The van der Waals surface area contributed by atoms with Gasteiger partial charge in [0.05, 0.1) is 19.4 Å². The summed E-state index contributed by atoms with van der Waals surface area (Å²) in [6, 6.07) is 2.09. The Kier molecular flexibility index (Phi) is 4.45. The van der Waals surface area contributed by atoms with Crippen LogP contribution in [-0.2, 0) is 11.3 Å². The van der Waals surface area contributed by atoms with Gasteiger partial charge >= 0.3 is 0 Å². The predicted octanol–water partition coefficient (Wildman–Crippen LogP) is 2.87. The fraction of sp³-hybridized carbons (Fsp3) is 0.706. The molecule has 21 heavy (non-hydrogen) atoms. The number of hydrogen-bond acceptors (Lipinski definition) is 4. The summed E-state index contributed by atoms with van der Waals surface area (Å²) in [4.78, 5) is 6.83. The Morgan fingerprint density at radius 3 is 2.95 bits per heavy atom. The van der Waals surface area contributed by atoms with Gasteiger partial charge in [0, 0.05) is 31.8 Å². The van der Waals surface area contributed by atoms with Crippen LogP contribution in [0.15, 0.2) is 18.5 Å². The average Bonchev–Trinajstić information content (AvgIpc) is 2.89. The van der Waals surface area contributed by atoms with Crippen LogP contribution in [0.5, 0.6) is 5.75 Å². The molecular formula is C17H26N2O2. The summed E-state index contributed by atoms with van der Waals surface area (Å²) in [5.41, 5.74) is 1.62. The average molecular weight is 290 g/mol. The highest BCUT2D eigenvalue weighted by Gasteiger charge is 2.45. The minimum absolute atomic E-state index is 0.388. The van der Waals surface area contributed by atoms with Gasteiger partial charge in [-0.1, -0.05) is 6.42 Å². The molecule has 1 aliphatic carbocycles. The first kappa shape index (κ1) is 14.8. The van der Waals surface area contributed by atoms with Crippen LogP contribution in [0.4, 0.5) is 0 Å². The number of pyridine rings is 1. The van der Waals surface area contributed by atoms with E-state index in [0.29, 0.717) is 11.5 Å². The van der Waals surface area contributed by atoms with Crippen LogP contribution in [-0.4, -0.2) is 43.3 Å². The smallest absolute Gasteiger partial charge is 0.137 e. The van der Waals surface area contributed by atoms with Crippen molar-refractivity contribution >= 4 is 0 Å². The van der Waals surface area contributed by atoms with Gasteiger partial charge in [-0.2, -0.15) is 0 Å². The van der Waals surface area contributed by atoms with Crippen molar-refractivity contribution in [2.75, 3.05) is 27.3 Å². The zero-order valence-corrected chi connectivity index (χ0v) is 13.2. The maximum absolute atomic E-state index is 5.78. The van der Waals surface area contributed by atoms with E-state index in [1.807, 2.05) is 13.3 Å². The monoisotopic (exact) mass is 290 g/mol. The Morgan fingerprint density at radius 1 is 1.29 bits per heavy atom. The van der Waals surface area contributed by atoms with Gasteiger partial charge in [-0.15, -0.1) is 0 Å². The maximum atomic E-state index is 5.78. The topological polar surface area (TPSA) is 34.6 Å². The second-order valence-corrected chi connectivity index (χ2v) is 6.53. The third kappa shape index (κ3) is 3.06. The maximum Gasteiger partial charge on any atom is 0.137 e. The molecule has 1 saturated heterocycles. The molecule has 0 amide bonds. The summed E-state index contributed by atoms with van der Waals surface area (Å²) in [5, 5.41) is 0. The highest BCUT2D eigenvalue weighted by Crippen LogP contribution is 2.46. The first-order valence-corrected chi connectivity index (χ1v) is 7.99. The molecule has 2 fully saturated rings. The van der Waals surface area contributed by atoms with Crippen molar-refractivity contribution in [3.8, 4) is 5.75 Å². The molecule has 1 saturated carbocycles. The molecule has 116 valence electrons. The van der Waals surface area contributed by atoms with E-state index >= 15 is 0 Å². The molecule has 3 rings (SSSR count). The summed E-state index contributed by atoms with van der Waals surface area (Å²) in [7, 11) is 3.57. The summed E-state index contributed by atoms with van der Waals surface area (Å²) in [5.74, 6) is 0.842. The molecular weight excluding hydrogens is 264 g/mol. The van der Waals surface area contributed by atoms with E-state index in [4.69, 9.17) is 9.47 Å². The Labute approximate surface area is 127 Å². The molecule has 0 unspecified atom stereocenters. The summed E-state index contributed by atoms with van der Waals surface area (Å²) < 4.78 is 11.1. The van der Waals surface area contributed by atoms with Crippen molar-refractivity contribution in [2.24, 2.45) is 5.41 Å². The van der Waals surface area contributed by atoms with Gasteiger partial charge in [-0.05, 0) is 43.9 Å². The third-order valence-corrected chi connectivity index (χ3v) is 5.21. The zero-order valence-electron chi connectivity index (χ0n) is 13.2. The highest BCUT2D eigenvalue weighted by atomic mass is 16.5. The summed E-state index contributed by atoms with van der Waals surface area (Å²) in [6.07, 6.45) is 10.6. The lowest BCUT2D eigenvalue weighted by molar-refractivity contribution is -0.0366. The molecule has 0 bridgehead atoms. The largest absolute Gasteiger partial charge is 0.495 e. The lowest BCUT2D eigenvalue weighted by atomic mass is 9.76. The first-order chi connectivity index (χ1) is 10.3. The Bertz CT molecular complexity index is 480. The lowest BCUT2D eigenvalue weighted by Gasteiger charge is -2.43. The van der Waals surface area contributed by atoms with Gasteiger partial charge in [0.1, 0.15) is 5.75 Å². The normalized spacial score (nSPS) is 29.9. The minimum atomic E-state index is 0.388. The number of methoxy groups -OCH3 is 2. The van der Waals surface area contributed by atoms with Crippen molar-refractivity contribution in [2.45, 2.75) is 44.8 Å². The molecule has 2 aliphatic rings. The molecule has 1 aromatic heterocycles. The molecule has 0 aromatic carbocycles.